The molecule has 0 bridgehead atoms. The van der Waals surface area contributed by atoms with Crippen LogP contribution in [0.3, 0.4) is 0 Å². The number of aliphatic carboxylic acids is 3. The Hall–Kier alpha value is -1.89. The molecule has 0 aliphatic heterocycles. The van der Waals surface area contributed by atoms with Crippen molar-refractivity contribution >= 4 is 17.9 Å². The molecule has 0 aliphatic carbocycles. The van der Waals surface area contributed by atoms with Gasteiger partial charge in [0.2, 0.25) is 0 Å². The normalized spacial score (nSPS) is 11.7. The summed E-state index contributed by atoms with van der Waals surface area (Å²) in [5.41, 5.74) is 0. The third-order valence-corrected chi connectivity index (χ3v) is 4.06. The van der Waals surface area contributed by atoms with Crippen LogP contribution in [0.15, 0.2) is 12.2 Å². The average Bonchev–Trinajstić information content (AvgIpc) is 2.47. The maximum atomic E-state index is 11.0. The van der Waals surface area contributed by atoms with Crippen molar-refractivity contribution in [1.82, 2.24) is 0 Å². The lowest BCUT2D eigenvalue weighted by atomic mass is 10.1. The zero-order chi connectivity index (χ0) is 19.1. The number of rotatable bonds is 16. The quantitative estimate of drug-likeness (QED) is 0.222. The van der Waals surface area contributed by atoms with E-state index in [0.29, 0.717) is 12.8 Å². The first-order valence-electron chi connectivity index (χ1n) is 8.97. The van der Waals surface area contributed by atoms with Crippen molar-refractivity contribution in [3.8, 4) is 0 Å². The van der Waals surface area contributed by atoms with Crippen LogP contribution in [0.1, 0.15) is 58.3 Å². The predicted molar refractivity (Wildman–Crippen MR) is 94.4 cm³/mol. The van der Waals surface area contributed by atoms with Gasteiger partial charge >= 0.3 is 17.9 Å². The van der Waals surface area contributed by atoms with Crippen molar-refractivity contribution in [2.75, 3.05) is 26.2 Å². The van der Waals surface area contributed by atoms with Crippen LogP contribution in [0.25, 0.3) is 0 Å². The lowest BCUT2D eigenvalue weighted by Crippen LogP contribution is -2.57. The molecule has 0 saturated heterocycles. The van der Waals surface area contributed by atoms with E-state index in [1.54, 1.807) is 0 Å². The summed E-state index contributed by atoms with van der Waals surface area (Å²) in [5.74, 6) is -3.57. The highest BCUT2D eigenvalue weighted by atomic mass is 16.4. The molecule has 0 aromatic heterocycles. The number of carboxylic acid groups (broad SMARTS) is 3. The van der Waals surface area contributed by atoms with Crippen LogP contribution in [0.2, 0.25) is 0 Å². The Morgan fingerprint density at radius 1 is 0.720 bits per heavy atom. The second-order valence-corrected chi connectivity index (χ2v) is 6.54. The fourth-order valence-electron chi connectivity index (χ4n) is 2.91. The highest BCUT2D eigenvalue weighted by Gasteiger charge is 2.35. The molecule has 7 heteroatoms. The molecule has 0 heterocycles. The topological polar surface area (TPSA) is 112 Å². The molecular formula is C18H32NO6+. The van der Waals surface area contributed by atoms with Crippen LogP contribution in [0.5, 0.6) is 0 Å². The third-order valence-electron chi connectivity index (χ3n) is 4.06. The van der Waals surface area contributed by atoms with Crippen molar-refractivity contribution in [1.29, 1.82) is 0 Å². The van der Waals surface area contributed by atoms with E-state index in [2.05, 4.69) is 13.0 Å². The van der Waals surface area contributed by atoms with E-state index in [-0.39, 0.29) is 6.54 Å². The first kappa shape index (κ1) is 23.1. The van der Waals surface area contributed by atoms with Crippen molar-refractivity contribution in [3.05, 3.63) is 12.2 Å². The van der Waals surface area contributed by atoms with Crippen molar-refractivity contribution in [2.24, 2.45) is 0 Å². The second-order valence-electron chi connectivity index (χ2n) is 6.54. The Kier molecular flexibility index (Phi) is 12.4. The zero-order valence-corrected chi connectivity index (χ0v) is 15.2. The molecule has 0 aromatic rings. The molecule has 0 radical (unpaired) electrons. The number of quaternary nitrogens is 1. The smallest absolute Gasteiger partial charge is 0.359 e. The largest absolute Gasteiger partial charge is 0.477 e. The molecule has 0 saturated carbocycles. The fraction of sp³-hybridized carbons (Fsp3) is 0.722. The first-order valence-corrected chi connectivity index (χ1v) is 8.97. The summed E-state index contributed by atoms with van der Waals surface area (Å²) in [6.07, 6.45) is 12.4. The van der Waals surface area contributed by atoms with Gasteiger partial charge in [-0.05, 0) is 19.3 Å². The third kappa shape index (κ3) is 13.1. The minimum absolute atomic E-state index is 0.214. The molecule has 0 atom stereocenters. The Bertz CT molecular complexity index is 406. The van der Waals surface area contributed by atoms with Crippen LogP contribution in [-0.2, 0) is 14.4 Å². The zero-order valence-electron chi connectivity index (χ0n) is 15.2. The molecule has 144 valence electrons. The number of hydrogen-bond acceptors (Lipinski definition) is 3. The molecule has 0 unspecified atom stereocenters. The van der Waals surface area contributed by atoms with E-state index < -0.39 is 42.0 Å². The van der Waals surface area contributed by atoms with Crippen LogP contribution < -0.4 is 0 Å². The SMILES string of the molecule is CCCCCCC/C=C/CCC[N+](CC(=O)O)(CC(=O)O)CC(=O)O. The average molecular weight is 358 g/mol. The highest BCUT2D eigenvalue weighted by Crippen LogP contribution is 2.11. The lowest BCUT2D eigenvalue weighted by molar-refractivity contribution is -0.907. The summed E-state index contributed by atoms with van der Waals surface area (Å²) in [5, 5.41) is 27.1. The maximum Gasteiger partial charge on any atom is 0.359 e. The summed E-state index contributed by atoms with van der Waals surface area (Å²) in [6.45, 7) is 0.891. The Morgan fingerprint density at radius 2 is 1.16 bits per heavy atom. The second kappa shape index (κ2) is 13.4. The van der Waals surface area contributed by atoms with Crippen molar-refractivity contribution < 1.29 is 34.2 Å². The predicted octanol–water partition coefficient (Wildman–Crippen LogP) is 2.75. The standard InChI is InChI=1S/C18H31NO6/c1-2-3-4-5-6-7-8-9-10-11-12-19(13-16(20)21,14-17(22)23)15-18(24)25/h8-9H,2-7,10-15H2,1H3,(H2-,20,21,22,23,24,25)/p+1/b9-8+. The molecule has 7 nitrogen and oxygen atoms in total. The van der Waals surface area contributed by atoms with Crippen LogP contribution in [-0.4, -0.2) is 63.9 Å². The molecule has 0 fully saturated rings. The van der Waals surface area contributed by atoms with Gasteiger partial charge in [-0.3, -0.25) is 4.48 Å². The summed E-state index contributed by atoms with van der Waals surface area (Å²) in [6, 6.07) is 0. The van der Waals surface area contributed by atoms with Gasteiger partial charge in [0.15, 0.2) is 19.6 Å². The lowest BCUT2D eigenvalue weighted by Gasteiger charge is -2.34. The van der Waals surface area contributed by atoms with Gasteiger partial charge < -0.3 is 15.3 Å². The van der Waals surface area contributed by atoms with Gasteiger partial charge in [-0.25, -0.2) is 14.4 Å². The molecule has 0 amide bonds. The van der Waals surface area contributed by atoms with E-state index in [1.165, 1.54) is 25.7 Å². The molecule has 25 heavy (non-hydrogen) atoms. The number of allylic oxidation sites excluding steroid dienone is 2. The Morgan fingerprint density at radius 3 is 1.60 bits per heavy atom. The van der Waals surface area contributed by atoms with Gasteiger partial charge in [-0.1, -0.05) is 44.8 Å². The van der Waals surface area contributed by atoms with Gasteiger partial charge in [0.1, 0.15) is 0 Å². The van der Waals surface area contributed by atoms with E-state index >= 15 is 0 Å². The number of unbranched alkanes of at least 4 members (excludes halogenated alkanes) is 6. The Balaban J connectivity index is 4.38. The van der Waals surface area contributed by atoms with Gasteiger partial charge in [0.25, 0.3) is 0 Å². The monoisotopic (exact) mass is 358 g/mol. The maximum absolute atomic E-state index is 11.0. The van der Waals surface area contributed by atoms with Crippen molar-refractivity contribution in [2.45, 2.75) is 58.3 Å². The molecule has 0 aliphatic rings. The highest BCUT2D eigenvalue weighted by molar-refractivity contribution is 5.73. The fourth-order valence-corrected chi connectivity index (χ4v) is 2.91. The summed E-state index contributed by atoms with van der Waals surface area (Å²) >= 11 is 0. The van der Waals surface area contributed by atoms with Crippen LogP contribution in [0, 0.1) is 0 Å². The van der Waals surface area contributed by atoms with E-state index in [0.717, 1.165) is 12.8 Å². The summed E-state index contributed by atoms with van der Waals surface area (Å²) in [4.78, 5) is 33.1. The number of carboxylic acids is 3. The molecule has 0 rings (SSSR count). The Labute approximate surface area is 149 Å². The van der Waals surface area contributed by atoms with Gasteiger partial charge in [-0.15, -0.1) is 0 Å². The first-order chi connectivity index (χ1) is 11.8. The van der Waals surface area contributed by atoms with Crippen LogP contribution >= 0.6 is 0 Å². The minimum Gasteiger partial charge on any atom is -0.477 e. The molecular weight excluding hydrogens is 326 g/mol. The van der Waals surface area contributed by atoms with Gasteiger partial charge in [0.05, 0.1) is 6.54 Å². The molecule has 3 N–H and O–H groups in total. The molecule has 0 spiro atoms. The minimum atomic E-state index is -1.19. The summed E-state index contributed by atoms with van der Waals surface area (Å²) in [7, 11) is 0. The summed E-state index contributed by atoms with van der Waals surface area (Å²) < 4.78 is -0.467. The van der Waals surface area contributed by atoms with E-state index in [1.807, 2.05) is 6.08 Å². The number of nitrogens with zero attached hydrogens (tertiary/aromatic N) is 1. The molecule has 0 aromatic carbocycles. The van der Waals surface area contributed by atoms with Gasteiger partial charge in [-0.2, -0.15) is 0 Å². The van der Waals surface area contributed by atoms with Crippen molar-refractivity contribution in [3.63, 3.8) is 0 Å². The number of hydrogen-bond donors (Lipinski definition) is 3. The van der Waals surface area contributed by atoms with E-state index in [4.69, 9.17) is 15.3 Å². The number of carbonyl (C=O) groups is 3. The van der Waals surface area contributed by atoms with Crippen LogP contribution in [0.4, 0.5) is 0 Å². The van der Waals surface area contributed by atoms with Gasteiger partial charge in [0, 0.05) is 6.42 Å². The van der Waals surface area contributed by atoms with E-state index in [9.17, 15) is 14.4 Å².